The Bertz CT molecular complexity index is 945. The Morgan fingerprint density at radius 2 is 1.70 bits per heavy atom. The van der Waals surface area contributed by atoms with Gasteiger partial charge in [0.25, 0.3) is 5.91 Å². The smallest absolute Gasteiger partial charge is 0.254 e. The molecular weight excluding hydrogens is 443 g/mol. The Morgan fingerprint density at radius 1 is 1.03 bits per heavy atom. The normalized spacial score (nSPS) is 14.3. The highest BCUT2D eigenvalue weighted by atomic mass is 35.5. The molecule has 0 aromatic heterocycles. The number of likely N-dealkylation sites (N-methyl/N-ethyl adjacent to an activating group) is 1. The number of thiocarbonyl (C=S) groups is 1. The van der Waals surface area contributed by atoms with Crippen molar-refractivity contribution in [1.82, 2.24) is 15.1 Å². The molecule has 2 N–H and O–H groups in total. The zero-order valence-corrected chi connectivity index (χ0v) is 18.8. The number of nitrogens with one attached hydrogen (secondary N) is 2. The van der Waals surface area contributed by atoms with Crippen molar-refractivity contribution in [3.05, 3.63) is 63.6 Å². The van der Waals surface area contributed by atoms with Crippen molar-refractivity contribution in [3.63, 3.8) is 0 Å². The van der Waals surface area contributed by atoms with Gasteiger partial charge in [-0.3, -0.25) is 9.59 Å². The second-order valence-corrected chi connectivity index (χ2v) is 8.35. The summed E-state index contributed by atoms with van der Waals surface area (Å²) in [6.45, 7) is 3.04. The number of carbonyl (C=O) groups is 2. The fourth-order valence-electron chi connectivity index (χ4n) is 3.06. The van der Waals surface area contributed by atoms with Gasteiger partial charge in [0.1, 0.15) is 0 Å². The Hall–Kier alpha value is -2.19. The van der Waals surface area contributed by atoms with E-state index in [4.69, 9.17) is 35.4 Å². The van der Waals surface area contributed by atoms with Crippen molar-refractivity contribution >= 4 is 58.0 Å². The first-order valence-corrected chi connectivity index (χ1v) is 10.6. The van der Waals surface area contributed by atoms with Gasteiger partial charge in [-0.2, -0.15) is 0 Å². The van der Waals surface area contributed by atoms with Crippen LogP contribution in [0.1, 0.15) is 15.9 Å². The van der Waals surface area contributed by atoms with Crippen molar-refractivity contribution in [2.75, 3.05) is 38.5 Å². The Balaban J connectivity index is 1.60. The number of nitrogens with zero attached hydrogens (tertiary/aromatic N) is 2. The summed E-state index contributed by atoms with van der Waals surface area (Å²) < 4.78 is 0. The quantitative estimate of drug-likeness (QED) is 0.678. The Morgan fingerprint density at radius 3 is 2.37 bits per heavy atom. The van der Waals surface area contributed by atoms with Crippen LogP contribution in [0.5, 0.6) is 0 Å². The third kappa shape index (κ3) is 6.15. The lowest BCUT2D eigenvalue weighted by Crippen LogP contribution is -2.47. The molecule has 1 aliphatic rings. The lowest BCUT2D eigenvalue weighted by molar-refractivity contribution is -0.119. The molecule has 1 saturated heterocycles. The molecule has 0 unspecified atom stereocenters. The van der Waals surface area contributed by atoms with Crippen LogP contribution in [-0.4, -0.2) is 60.0 Å². The molecule has 2 aromatic carbocycles. The van der Waals surface area contributed by atoms with E-state index in [0.717, 1.165) is 18.7 Å². The molecule has 6 nitrogen and oxygen atoms in total. The first kappa shape index (κ1) is 22.5. The predicted octanol–water partition coefficient (Wildman–Crippen LogP) is 3.44. The lowest BCUT2D eigenvalue weighted by atomic mass is 10.1. The fraction of sp³-hybridized carbons (Fsp3) is 0.286. The first-order chi connectivity index (χ1) is 14.3. The van der Waals surface area contributed by atoms with Gasteiger partial charge < -0.3 is 20.4 Å². The van der Waals surface area contributed by atoms with Gasteiger partial charge in [-0.15, -0.1) is 0 Å². The standard InChI is InChI=1S/C21H22Cl2N4O2S/c1-26-8-10-27(11-9-26)20(29)15-4-7-17(23)18(13-15)24-21(30)25-19(28)12-14-2-5-16(22)6-3-14/h2-7,13H,8-12H2,1H3,(H2,24,25,28,30). The first-order valence-electron chi connectivity index (χ1n) is 9.44. The van der Waals surface area contributed by atoms with E-state index in [0.29, 0.717) is 34.4 Å². The maximum absolute atomic E-state index is 12.8. The van der Waals surface area contributed by atoms with E-state index in [-0.39, 0.29) is 23.3 Å². The van der Waals surface area contributed by atoms with Gasteiger partial charge in [-0.25, -0.2) is 0 Å². The number of anilines is 1. The van der Waals surface area contributed by atoms with E-state index in [1.54, 1.807) is 42.5 Å². The molecule has 1 heterocycles. The number of amides is 2. The van der Waals surface area contributed by atoms with Crippen LogP contribution in [0.4, 0.5) is 5.69 Å². The zero-order valence-electron chi connectivity index (χ0n) is 16.5. The highest BCUT2D eigenvalue weighted by Gasteiger charge is 2.21. The van der Waals surface area contributed by atoms with Crippen LogP contribution in [0, 0.1) is 0 Å². The number of rotatable bonds is 4. The number of benzene rings is 2. The number of halogens is 2. The van der Waals surface area contributed by atoms with Gasteiger partial charge in [-0.05, 0) is 55.2 Å². The summed E-state index contributed by atoms with van der Waals surface area (Å²) >= 11 is 17.3. The van der Waals surface area contributed by atoms with Crippen LogP contribution in [0.2, 0.25) is 10.0 Å². The van der Waals surface area contributed by atoms with Gasteiger partial charge >= 0.3 is 0 Å². The fourth-order valence-corrected chi connectivity index (χ4v) is 3.57. The highest BCUT2D eigenvalue weighted by molar-refractivity contribution is 7.80. The van der Waals surface area contributed by atoms with Gasteiger partial charge in [-0.1, -0.05) is 35.3 Å². The van der Waals surface area contributed by atoms with Gasteiger partial charge in [0.15, 0.2) is 5.11 Å². The monoisotopic (exact) mass is 464 g/mol. The molecule has 158 valence electrons. The Labute approximate surface area is 191 Å². The number of piperazine rings is 1. The van der Waals surface area contributed by atoms with E-state index in [1.165, 1.54) is 0 Å². The van der Waals surface area contributed by atoms with Crippen molar-refractivity contribution < 1.29 is 9.59 Å². The van der Waals surface area contributed by atoms with E-state index in [9.17, 15) is 9.59 Å². The van der Waals surface area contributed by atoms with Crippen LogP contribution >= 0.6 is 35.4 Å². The third-order valence-corrected chi connectivity index (χ3v) is 5.57. The van der Waals surface area contributed by atoms with Crippen LogP contribution in [0.3, 0.4) is 0 Å². The predicted molar refractivity (Wildman–Crippen MR) is 124 cm³/mol. The van der Waals surface area contributed by atoms with E-state index >= 15 is 0 Å². The maximum Gasteiger partial charge on any atom is 0.254 e. The molecule has 0 aliphatic carbocycles. The minimum absolute atomic E-state index is 0.0551. The second kappa shape index (κ2) is 10.2. The van der Waals surface area contributed by atoms with Crippen molar-refractivity contribution in [3.8, 4) is 0 Å². The van der Waals surface area contributed by atoms with E-state index in [1.807, 2.05) is 11.9 Å². The van der Waals surface area contributed by atoms with E-state index < -0.39 is 0 Å². The van der Waals surface area contributed by atoms with Crippen LogP contribution in [0.25, 0.3) is 0 Å². The number of hydrogen-bond donors (Lipinski definition) is 2. The molecule has 2 amide bonds. The minimum atomic E-state index is -0.268. The average molecular weight is 465 g/mol. The summed E-state index contributed by atoms with van der Waals surface area (Å²) in [5.74, 6) is -0.323. The largest absolute Gasteiger partial charge is 0.336 e. The summed E-state index contributed by atoms with van der Waals surface area (Å²) in [5.41, 5.74) is 1.80. The van der Waals surface area contributed by atoms with Crippen molar-refractivity contribution in [2.45, 2.75) is 6.42 Å². The average Bonchev–Trinajstić information content (AvgIpc) is 2.71. The lowest BCUT2D eigenvalue weighted by Gasteiger charge is -2.32. The van der Waals surface area contributed by atoms with Crippen LogP contribution in [-0.2, 0) is 11.2 Å². The summed E-state index contributed by atoms with van der Waals surface area (Å²) in [6, 6.07) is 12.0. The molecule has 3 rings (SSSR count). The summed E-state index contributed by atoms with van der Waals surface area (Å²) in [5, 5.41) is 6.65. The zero-order chi connectivity index (χ0) is 21.7. The van der Waals surface area contributed by atoms with Crippen molar-refractivity contribution in [1.29, 1.82) is 0 Å². The maximum atomic E-state index is 12.8. The minimum Gasteiger partial charge on any atom is -0.336 e. The molecule has 30 heavy (non-hydrogen) atoms. The second-order valence-electron chi connectivity index (χ2n) is 7.10. The third-order valence-electron chi connectivity index (χ3n) is 4.78. The topological polar surface area (TPSA) is 64.7 Å². The van der Waals surface area contributed by atoms with Gasteiger partial charge in [0.2, 0.25) is 5.91 Å². The number of hydrogen-bond acceptors (Lipinski definition) is 4. The Kier molecular flexibility index (Phi) is 7.66. The molecule has 0 spiro atoms. The van der Waals surface area contributed by atoms with Crippen LogP contribution in [0.15, 0.2) is 42.5 Å². The van der Waals surface area contributed by atoms with Crippen LogP contribution < -0.4 is 10.6 Å². The molecule has 1 aliphatic heterocycles. The molecule has 0 atom stereocenters. The molecule has 0 saturated carbocycles. The summed E-state index contributed by atoms with van der Waals surface area (Å²) in [4.78, 5) is 29.0. The van der Waals surface area contributed by atoms with Gasteiger partial charge in [0, 0.05) is 36.8 Å². The van der Waals surface area contributed by atoms with E-state index in [2.05, 4.69) is 15.5 Å². The molecule has 0 radical (unpaired) electrons. The molecular formula is C21H22Cl2N4O2S. The SMILES string of the molecule is CN1CCN(C(=O)c2ccc(Cl)c(NC(=S)NC(=O)Cc3ccc(Cl)cc3)c2)CC1. The summed E-state index contributed by atoms with van der Waals surface area (Å²) in [6.07, 6.45) is 0.161. The molecule has 1 fully saturated rings. The van der Waals surface area contributed by atoms with Crippen molar-refractivity contribution in [2.24, 2.45) is 0 Å². The molecule has 0 bridgehead atoms. The number of carbonyl (C=O) groups excluding carboxylic acids is 2. The van der Waals surface area contributed by atoms with Gasteiger partial charge in [0.05, 0.1) is 17.1 Å². The molecule has 2 aromatic rings. The summed E-state index contributed by atoms with van der Waals surface area (Å²) in [7, 11) is 2.04. The highest BCUT2D eigenvalue weighted by Crippen LogP contribution is 2.24. The molecule has 9 heteroatoms.